The predicted molar refractivity (Wildman–Crippen MR) is 79.1 cm³/mol. The van der Waals surface area contributed by atoms with E-state index < -0.39 is 17.9 Å². The Balaban J connectivity index is 1.93. The van der Waals surface area contributed by atoms with Gasteiger partial charge in [0, 0.05) is 13.1 Å². The van der Waals surface area contributed by atoms with Crippen LogP contribution in [0.5, 0.6) is 0 Å². The molecule has 2 heterocycles. The summed E-state index contributed by atoms with van der Waals surface area (Å²) in [5, 5.41) is 8.97. The zero-order chi connectivity index (χ0) is 16.6. The molecule has 0 spiro atoms. The van der Waals surface area contributed by atoms with Gasteiger partial charge in [0.05, 0.1) is 35.2 Å². The molecule has 1 saturated heterocycles. The van der Waals surface area contributed by atoms with Gasteiger partial charge in [-0.3, -0.25) is 4.90 Å². The molecule has 0 N–H and O–H groups in total. The van der Waals surface area contributed by atoms with Gasteiger partial charge in [0.15, 0.2) is 6.17 Å². The molecule has 1 aromatic rings. The SMILES string of the molecule is C=C1N=NN(c2ccc(Cl)c(C(F)(F)F)c2)C1N1CCOCC1. The van der Waals surface area contributed by atoms with Gasteiger partial charge in [-0.15, -0.1) is 5.11 Å². The molecule has 9 heteroatoms. The quantitative estimate of drug-likeness (QED) is 0.819. The molecule has 0 bridgehead atoms. The Morgan fingerprint density at radius 1 is 1.26 bits per heavy atom. The van der Waals surface area contributed by atoms with E-state index in [9.17, 15) is 13.2 Å². The van der Waals surface area contributed by atoms with Gasteiger partial charge in [0.2, 0.25) is 0 Å². The Morgan fingerprint density at radius 3 is 2.61 bits per heavy atom. The highest BCUT2D eigenvalue weighted by atomic mass is 35.5. The zero-order valence-corrected chi connectivity index (χ0v) is 12.8. The van der Waals surface area contributed by atoms with Crippen LogP contribution in [-0.4, -0.2) is 37.4 Å². The van der Waals surface area contributed by atoms with Crippen LogP contribution < -0.4 is 5.01 Å². The van der Waals surface area contributed by atoms with Crippen molar-refractivity contribution < 1.29 is 17.9 Å². The highest BCUT2D eigenvalue weighted by Crippen LogP contribution is 2.39. The Bertz CT molecular complexity index is 643. The lowest BCUT2D eigenvalue weighted by Gasteiger charge is -2.35. The summed E-state index contributed by atoms with van der Waals surface area (Å²) in [5.74, 6) is 0. The minimum atomic E-state index is -4.53. The molecule has 1 aromatic carbocycles. The molecule has 124 valence electrons. The number of hydrogen-bond donors (Lipinski definition) is 0. The van der Waals surface area contributed by atoms with Crippen molar-refractivity contribution >= 4 is 17.3 Å². The highest BCUT2D eigenvalue weighted by molar-refractivity contribution is 6.31. The molecule has 0 aliphatic carbocycles. The Kier molecular flexibility index (Phi) is 4.31. The van der Waals surface area contributed by atoms with Crippen LogP contribution >= 0.6 is 11.6 Å². The van der Waals surface area contributed by atoms with Crippen LogP contribution in [0.15, 0.2) is 40.8 Å². The maximum Gasteiger partial charge on any atom is 0.417 e. The van der Waals surface area contributed by atoms with E-state index in [1.165, 1.54) is 17.1 Å². The number of hydrogen-bond acceptors (Lipinski definition) is 5. The molecule has 0 radical (unpaired) electrons. The van der Waals surface area contributed by atoms with Crippen molar-refractivity contribution in [1.29, 1.82) is 0 Å². The summed E-state index contributed by atoms with van der Waals surface area (Å²) >= 11 is 5.66. The van der Waals surface area contributed by atoms with Crippen LogP contribution in [0.1, 0.15) is 5.56 Å². The van der Waals surface area contributed by atoms with Crippen molar-refractivity contribution in [3.05, 3.63) is 41.1 Å². The zero-order valence-electron chi connectivity index (χ0n) is 12.1. The summed E-state index contributed by atoms with van der Waals surface area (Å²) < 4.78 is 44.4. The highest BCUT2D eigenvalue weighted by Gasteiger charge is 2.37. The normalized spacial score (nSPS) is 22.9. The molecule has 3 rings (SSSR count). The van der Waals surface area contributed by atoms with Gasteiger partial charge in [-0.25, -0.2) is 5.01 Å². The molecule has 2 aliphatic heterocycles. The third-order valence-electron chi connectivity index (χ3n) is 3.71. The van der Waals surface area contributed by atoms with Crippen LogP contribution in [0.2, 0.25) is 5.02 Å². The van der Waals surface area contributed by atoms with E-state index >= 15 is 0 Å². The molecular weight excluding hydrogens is 333 g/mol. The van der Waals surface area contributed by atoms with Gasteiger partial charge < -0.3 is 4.74 Å². The average Bonchev–Trinajstić information content (AvgIpc) is 2.89. The fourth-order valence-corrected chi connectivity index (χ4v) is 2.83. The fraction of sp³-hybridized carbons (Fsp3) is 0.429. The number of alkyl halides is 3. The van der Waals surface area contributed by atoms with Gasteiger partial charge in [0.25, 0.3) is 0 Å². The van der Waals surface area contributed by atoms with Gasteiger partial charge in [-0.05, 0) is 18.2 Å². The molecule has 1 atom stereocenters. The van der Waals surface area contributed by atoms with Crippen molar-refractivity contribution in [2.45, 2.75) is 12.3 Å². The number of ether oxygens (including phenoxy) is 1. The molecule has 1 fully saturated rings. The van der Waals surface area contributed by atoms with Gasteiger partial charge >= 0.3 is 6.18 Å². The second-order valence-corrected chi connectivity index (χ2v) is 5.62. The van der Waals surface area contributed by atoms with Gasteiger partial charge in [-0.2, -0.15) is 13.2 Å². The van der Waals surface area contributed by atoms with Crippen LogP contribution in [0.3, 0.4) is 0 Å². The van der Waals surface area contributed by atoms with Crippen LogP contribution in [0.4, 0.5) is 18.9 Å². The van der Waals surface area contributed by atoms with E-state index in [1.807, 2.05) is 4.90 Å². The summed E-state index contributed by atoms with van der Waals surface area (Å²) in [7, 11) is 0. The second kappa shape index (κ2) is 6.10. The lowest BCUT2D eigenvalue weighted by molar-refractivity contribution is -0.137. The third-order valence-corrected chi connectivity index (χ3v) is 4.04. The summed E-state index contributed by atoms with van der Waals surface area (Å²) in [6.07, 6.45) is -4.95. The molecular formula is C14H14ClF3N4O. The molecule has 1 unspecified atom stereocenters. The minimum absolute atomic E-state index is 0.264. The number of benzene rings is 1. The van der Waals surface area contributed by atoms with Crippen LogP contribution in [0.25, 0.3) is 0 Å². The number of halogens is 4. The first-order valence-electron chi connectivity index (χ1n) is 6.96. The molecule has 2 aliphatic rings. The summed E-state index contributed by atoms with van der Waals surface area (Å²) in [6, 6.07) is 3.68. The van der Waals surface area contributed by atoms with Crippen molar-refractivity contribution in [2.75, 3.05) is 31.3 Å². The number of morpholine rings is 1. The van der Waals surface area contributed by atoms with Gasteiger partial charge in [-0.1, -0.05) is 23.4 Å². The second-order valence-electron chi connectivity index (χ2n) is 5.21. The first-order valence-corrected chi connectivity index (χ1v) is 7.34. The predicted octanol–water partition coefficient (Wildman–Crippen LogP) is 3.72. The van der Waals surface area contributed by atoms with Crippen molar-refractivity contribution in [3.63, 3.8) is 0 Å². The topological polar surface area (TPSA) is 40.4 Å². The lowest BCUT2D eigenvalue weighted by Crippen LogP contribution is -2.49. The van der Waals surface area contributed by atoms with Crippen molar-refractivity contribution in [2.24, 2.45) is 10.3 Å². The van der Waals surface area contributed by atoms with E-state index in [4.69, 9.17) is 16.3 Å². The van der Waals surface area contributed by atoms with E-state index in [1.54, 1.807) is 0 Å². The lowest BCUT2D eigenvalue weighted by atomic mass is 10.1. The molecule has 5 nitrogen and oxygen atoms in total. The summed E-state index contributed by atoms with van der Waals surface area (Å²) in [5.41, 5.74) is -0.152. The van der Waals surface area contributed by atoms with Gasteiger partial charge in [0.1, 0.15) is 0 Å². The number of anilines is 1. The van der Waals surface area contributed by atoms with E-state index in [0.717, 1.165) is 6.07 Å². The first kappa shape index (κ1) is 16.2. The van der Waals surface area contributed by atoms with E-state index in [-0.39, 0.29) is 10.7 Å². The van der Waals surface area contributed by atoms with Crippen LogP contribution in [0, 0.1) is 0 Å². The van der Waals surface area contributed by atoms with Crippen molar-refractivity contribution in [3.8, 4) is 0 Å². The van der Waals surface area contributed by atoms with E-state index in [0.29, 0.717) is 32.0 Å². The fourth-order valence-electron chi connectivity index (χ4n) is 2.60. The van der Waals surface area contributed by atoms with Crippen molar-refractivity contribution in [1.82, 2.24) is 4.90 Å². The Morgan fingerprint density at radius 2 is 1.96 bits per heavy atom. The number of rotatable bonds is 2. The standard InChI is InChI=1S/C14H14ClF3N4O/c1-9-13(21-4-6-23-7-5-21)22(20-19-9)10-2-3-12(15)11(8-10)14(16,17)18/h2-3,8,13H,1,4-7H2. The molecule has 23 heavy (non-hydrogen) atoms. The number of nitrogens with zero attached hydrogens (tertiary/aromatic N) is 4. The maximum atomic E-state index is 13.0. The molecule has 0 saturated carbocycles. The van der Waals surface area contributed by atoms with E-state index in [2.05, 4.69) is 16.9 Å². The Labute approximate surface area is 135 Å². The summed E-state index contributed by atoms with van der Waals surface area (Å²) in [4.78, 5) is 2.02. The third kappa shape index (κ3) is 3.19. The minimum Gasteiger partial charge on any atom is -0.379 e. The first-order chi connectivity index (χ1) is 10.9. The largest absolute Gasteiger partial charge is 0.417 e. The maximum absolute atomic E-state index is 13.0. The molecule has 0 aromatic heterocycles. The summed E-state index contributed by atoms with van der Waals surface area (Å²) in [6.45, 7) is 6.20. The molecule has 0 amide bonds. The average molecular weight is 347 g/mol. The Hall–Kier alpha value is -1.64. The smallest absolute Gasteiger partial charge is 0.379 e. The monoisotopic (exact) mass is 346 g/mol. The van der Waals surface area contributed by atoms with Crippen LogP contribution in [-0.2, 0) is 10.9 Å².